The summed E-state index contributed by atoms with van der Waals surface area (Å²) >= 11 is 0. The summed E-state index contributed by atoms with van der Waals surface area (Å²) in [6.07, 6.45) is 2.68. The van der Waals surface area contributed by atoms with Crippen LogP contribution in [-0.2, 0) is 11.2 Å². The fraction of sp³-hybridized carbons (Fsp3) is 0.400. The Morgan fingerprint density at radius 2 is 1.85 bits per heavy atom. The van der Waals surface area contributed by atoms with Crippen molar-refractivity contribution in [3.05, 3.63) is 53.9 Å². The van der Waals surface area contributed by atoms with Gasteiger partial charge in [-0.15, -0.1) is 0 Å². The second kappa shape index (κ2) is 9.31. The maximum atomic E-state index is 12.3. The van der Waals surface area contributed by atoms with Crippen LogP contribution in [0.3, 0.4) is 0 Å². The Hall–Kier alpha value is -2.44. The third-order valence-corrected chi connectivity index (χ3v) is 4.48. The van der Waals surface area contributed by atoms with Crippen LogP contribution in [0.2, 0.25) is 0 Å². The predicted octanol–water partition coefficient (Wildman–Crippen LogP) is 2.64. The van der Waals surface area contributed by atoms with E-state index in [2.05, 4.69) is 27.4 Å². The molecule has 6 heteroatoms. The second-order valence-corrected chi connectivity index (χ2v) is 6.32. The molecule has 0 spiro atoms. The first kappa shape index (κ1) is 18.4. The van der Waals surface area contributed by atoms with Crippen molar-refractivity contribution in [2.75, 3.05) is 50.0 Å². The lowest BCUT2D eigenvalue weighted by Crippen LogP contribution is -2.39. The molecule has 2 N–H and O–H groups in total. The average molecular weight is 354 g/mol. The lowest BCUT2D eigenvalue weighted by Gasteiger charge is -2.26. The number of carbonyl (C=O) groups is 1. The monoisotopic (exact) mass is 354 g/mol. The molecule has 26 heavy (non-hydrogen) atoms. The number of hydrogen-bond acceptors (Lipinski definition) is 5. The van der Waals surface area contributed by atoms with E-state index in [0.717, 1.165) is 57.2 Å². The van der Waals surface area contributed by atoms with Crippen molar-refractivity contribution in [3.8, 4) is 0 Å². The zero-order valence-electron chi connectivity index (χ0n) is 15.2. The van der Waals surface area contributed by atoms with Crippen LogP contribution in [0.4, 0.5) is 11.4 Å². The molecule has 0 radical (unpaired) electrons. The molecule has 1 aromatic heterocycles. The summed E-state index contributed by atoms with van der Waals surface area (Å²) in [5.74, 6) is -0.200. The van der Waals surface area contributed by atoms with E-state index in [-0.39, 0.29) is 5.91 Å². The summed E-state index contributed by atoms with van der Waals surface area (Å²) < 4.78 is 5.34. The van der Waals surface area contributed by atoms with Gasteiger partial charge in [0.25, 0.3) is 5.91 Å². The highest BCUT2D eigenvalue weighted by Crippen LogP contribution is 2.12. The topological polar surface area (TPSA) is 66.5 Å². The molecule has 138 valence electrons. The molecule has 1 aromatic carbocycles. The highest BCUT2D eigenvalue weighted by Gasteiger charge is 2.10. The van der Waals surface area contributed by atoms with Crippen molar-refractivity contribution < 1.29 is 9.53 Å². The molecule has 0 unspecified atom stereocenters. The SMILES string of the molecule is CCc1ccc(NC(=O)c2ccc(NCCN3CCOCC3)cn2)cc1. The van der Waals surface area contributed by atoms with E-state index in [1.807, 2.05) is 30.3 Å². The number of anilines is 2. The largest absolute Gasteiger partial charge is 0.383 e. The Morgan fingerprint density at radius 3 is 2.50 bits per heavy atom. The Bertz CT molecular complexity index is 695. The standard InChI is InChI=1S/C20H26N4O2/c1-2-16-3-5-17(6-4-16)23-20(25)19-8-7-18(15-22-19)21-9-10-24-11-13-26-14-12-24/h3-8,15,21H,2,9-14H2,1H3,(H,23,25). The van der Waals surface area contributed by atoms with Crippen LogP contribution in [-0.4, -0.2) is 55.2 Å². The summed E-state index contributed by atoms with van der Waals surface area (Å²) in [7, 11) is 0. The Kier molecular flexibility index (Phi) is 6.57. The number of nitrogens with zero attached hydrogens (tertiary/aromatic N) is 2. The van der Waals surface area contributed by atoms with Gasteiger partial charge in [-0.2, -0.15) is 0 Å². The van der Waals surface area contributed by atoms with Crippen LogP contribution in [0.25, 0.3) is 0 Å². The van der Waals surface area contributed by atoms with E-state index in [0.29, 0.717) is 5.69 Å². The number of aryl methyl sites for hydroxylation is 1. The van der Waals surface area contributed by atoms with E-state index < -0.39 is 0 Å². The molecular formula is C20H26N4O2. The van der Waals surface area contributed by atoms with E-state index in [9.17, 15) is 4.79 Å². The van der Waals surface area contributed by atoms with Crippen molar-refractivity contribution in [1.82, 2.24) is 9.88 Å². The molecule has 1 fully saturated rings. The van der Waals surface area contributed by atoms with Gasteiger partial charge in [0.15, 0.2) is 0 Å². The van der Waals surface area contributed by atoms with Crippen LogP contribution in [0.5, 0.6) is 0 Å². The number of benzene rings is 1. The van der Waals surface area contributed by atoms with Gasteiger partial charge in [-0.3, -0.25) is 9.69 Å². The number of nitrogens with one attached hydrogen (secondary N) is 2. The molecule has 1 aliphatic rings. The molecule has 1 amide bonds. The van der Waals surface area contributed by atoms with Crippen molar-refractivity contribution in [2.24, 2.45) is 0 Å². The van der Waals surface area contributed by atoms with E-state index in [1.165, 1.54) is 5.56 Å². The molecule has 6 nitrogen and oxygen atoms in total. The van der Waals surface area contributed by atoms with Crippen molar-refractivity contribution in [2.45, 2.75) is 13.3 Å². The number of morpholine rings is 1. The van der Waals surface area contributed by atoms with E-state index >= 15 is 0 Å². The first-order valence-electron chi connectivity index (χ1n) is 9.15. The van der Waals surface area contributed by atoms with Gasteiger partial charge >= 0.3 is 0 Å². The minimum absolute atomic E-state index is 0.200. The fourth-order valence-corrected chi connectivity index (χ4v) is 2.83. The molecule has 0 bridgehead atoms. The summed E-state index contributed by atoms with van der Waals surface area (Å²) in [5.41, 5.74) is 3.35. The Morgan fingerprint density at radius 1 is 1.12 bits per heavy atom. The van der Waals surface area contributed by atoms with E-state index in [1.54, 1.807) is 12.3 Å². The highest BCUT2D eigenvalue weighted by molar-refractivity contribution is 6.02. The zero-order chi connectivity index (χ0) is 18.2. The number of carbonyl (C=O) groups excluding carboxylic acids is 1. The Balaban J connectivity index is 1.47. The maximum absolute atomic E-state index is 12.3. The van der Waals surface area contributed by atoms with Crippen LogP contribution >= 0.6 is 0 Å². The van der Waals surface area contributed by atoms with Gasteiger partial charge in [0.1, 0.15) is 5.69 Å². The first-order valence-corrected chi connectivity index (χ1v) is 9.15. The number of rotatable bonds is 7. The lowest BCUT2D eigenvalue weighted by molar-refractivity contribution is 0.0398. The van der Waals surface area contributed by atoms with Crippen LogP contribution < -0.4 is 10.6 Å². The third kappa shape index (κ3) is 5.28. The molecule has 0 aliphatic carbocycles. The molecule has 1 saturated heterocycles. The second-order valence-electron chi connectivity index (χ2n) is 6.32. The number of aromatic nitrogens is 1. The normalized spacial score (nSPS) is 14.8. The third-order valence-electron chi connectivity index (χ3n) is 4.48. The molecular weight excluding hydrogens is 328 g/mol. The van der Waals surface area contributed by atoms with Gasteiger partial charge in [0.05, 0.1) is 25.1 Å². The van der Waals surface area contributed by atoms with Gasteiger partial charge in [-0.25, -0.2) is 4.98 Å². The fourth-order valence-electron chi connectivity index (χ4n) is 2.83. The number of hydrogen-bond donors (Lipinski definition) is 2. The van der Waals surface area contributed by atoms with Gasteiger partial charge < -0.3 is 15.4 Å². The van der Waals surface area contributed by atoms with Gasteiger partial charge in [-0.05, 0) is 36.2 Å². The highest BCUT2D eigenvalue weighted by atomic mass is 16.5. The molecule has 3 rings (SSSR count). The first-order chi connectivity index (χ1) is 12.7. The minimum atomic E-state index is -0.200. The quantitative estimate of drug-likeness (QED) is 0.800. The van der Waals surface area contributed by atoms with E-state index in [4.69, 9.17) is 4.74 Å². The predicted molar refractivity (Wildman–Crippen MR) is 104 cm³/mol. The number of pyridine rings is 1. The van der Waals surface area contributed by atoms with Crippen molar-refractivity contribution >= 4 is 17.3 Å². The van der Waals surface area contributed by atoms with Crippen LogP contribution in [0.1, 0.15) is 23.0 Å². The number of amides is 1. The molecule has 0 saturated carbocycles. The lowest BCUT2D eigenvalue weighted by atomic mass is 10.1. The summed E-state index contributed by atoms with van der Waals surface area (Å²) in [6, 6.07) is 11.5. The maximum Gasteiger partial charge on any atom is 0.274 e. The van der Waals surface area contributed by atoms with Crippen LogP contribution in [0, 0.1) is 0 Å². The van der Waals surface area contributed by atoms with Gasteiger partial charge in [0.2, 0.25) is 0 Å². The molecule has 2 heterocycles. The summed E-state index contributed by atoms with van der Waals surface area (Å²) in [6.45, 7) is 7.51. The molecule has 2 aromatic rings. The zero-order valence-corrected chi connectivity index (χ0v) is 15.2. The number of ether oxygens (including phenoxy) is 1. The molecule has 1 aliphatic heterocycles. The molecule has 0 atom stereocenters. The van der Waals surface area contributed by atoms with Gasteiger partial charge in [0, 0.05) is 31.9 Å². The summed E-state index contributed by atoms with van der Waals surface area (Å²) in [5, 5.41) is 6.22. The smallest absolute Gasteiger partial charge is 0.274 e. The summed E-state index contributed by atoms with van der Waals surface area (Å²) in [4.78, 5) is 18.9. The van der Waals surface area contributed by atoms with Gasteiger partial charge in [-0.1, -0.05) is 19.1 Å². The minimum Gasteiger partial charge on any atom is -0.383 e. The average Bonchev–Trinajstić information content (AvgIpc) is 2.70. The van der Waals surface area contributed by atoms with Crippen molar-refractivity contribution in [3.63, 3.8) is 0 Å². The van der Waals surface area contributed by atoms with Crippen LogP contribution in [0.15, 0.2) is 42.6 Å². The Labute approximate surface area is 154 Å². The van der Waals surface area contributed by atoms with Crippen molar-refractivity contribution in [1.29, 1.82) is 0 Å².